The summed E-state index contributed by atoms with van der Waals surface area (Å²) >= 11 is 9.99. The molecule has 142 valence electrons. The predicted molar refractivity (Wildman–Crippen MR) is 115 cm³/mol. The number of nitrogens with zero attached hydrogens (tertiary/aromatic N) is 3. The Morgan fingerprint density at radius 3 is 2.82 bits per heavy atom. The lowest BCUT2D eigenvalue weighted by molar-refractivity contribution is 0.632. The van der Waals surface area contributed by atoms with E-state index in [1.54, 1.807) is 25.2 Å². The molecule has 0 unspecified atom stereocenters. The van der Waals surface area contributed by atoms with E-state index in [1.165, 1.54) is 17.0 Å². The zero-order valence-corrected chi connectivity index (χ0v) is 17.1. The molecule has 28 heavy (non-hydrogen) atoms. The zero-order chi connectivity index (χ0) is 19.8. The van der Waals surface area contributed by atoms with E-state index in [1.807, 2.05) is 29.3 Å². The molecular weight excluding hydrogens is 447 g/mol. The summed E-state index contributed by atoms with van der Waals surface area (Å²) in [6.07, 6.45) is 9.15. The summed E-state index contributed by atoms with van der Waals surface area (Å²) in [6, 6.07) is 6.44. The van der Waals surface area contributed by atoms with Gasteiger partial charge < -0.3 is 14.8 Å². The van der Waals surface area contributed by atoms with Gasteiger partial charge in [0.1, 0.15) is 5.82 Å². The van der Waals surface area contributed by atoms with Crippen molar-refractivity contribution in [3.63, 3.8) is 0 Å². The molecule has 2 heterocycles. The van der Waals surface area contributed by atoms with E-state index >= 15 is 0 Å². The summed E-state index contributed by atoms with van der Waals surface area (Å²) in [5.41, 5.74) is 1.69. The highest BCUT2D eigenvalue weighted by atomic mass is 79.9. The summed E-state index contributed by atoms with van der Waals surface area (Å²) in [6.45, 7) is 0.642. The third kappa shape index (κ3) is 3.21. The lowest BCUT2D eigenvalue weighted by Crippen LogP contribution is -2.18. The van der Waals surface area contributed by atoms with Crippen LogP contribution < -0.4 is 15.8 Å². The number of anilines is 3. The molecule has 0 saturated carbocycles. The molecule has 4 rings (SSSR count). The average Bonchev–Trinajstić information content (AvgIpc) is 2.70. The normalized spacial score (nSPS) is 13.4. The van der Waals surface area contributed by atoms with Crippen LogP contribution >= 0.6 is 27.5 Å². The molecule has 0 radical (unpaired) electrons. The number of aromatic nitrogens is 2. The molecule has 0 amide bonds. The van der Waals surface area contributed by atoms with Crippen LogP contribution in [0.15, 0.2) is 64.3 Å². The number of allylic oxidation sites excluding steroid dienone is 2. The molecule has 2 aromatic carbocycles. The molecular formula is C20H15BrClFN4O. The number of fused-ring (bicyclic) bond motifs is 1. The molecule has 5 nitrogen and oxygen atoms in total. The molecule has 3 aromatic rings. The third-order valence-corrected chi connectivity index (χ3v) is 5.69. The maximum atomic E-state index is 14.6. The summed E-state index contributed by atoms with van der Waals surface area (Å²) in [5, 5.41) is 3.69. The van der Waals surface area contributed by atoms with Crippen LogP contribution in [0.3, 0.4) is 0 Å². The van der Waals surface area contributed by atoms with Crippen molar-refractivity contribution >= 4 is 55.5 Å². The van der Waals surface area contributed by atoms with E-state index in [4.69, 9.17) is 11.6 Å². The van der Waals surface area contributed by atoms with Crippen LogP contribution in [0.1, 0.15) is 0 Å². The van der Waals surface area contributed by atoms with Gasteiger partial charge in [-0.25, -0.2) is 9.37 Å². The number of aryl methyl sites for hydroxylation is 1. The van der Waals surface area contributed by atoms with Gasteiger partial charge >= 0.3 is 0 Å². The van der Waals surface area contributed by atoms with Crippen LogP contribution in [0.4, 0.5) is 21.5 Å². The van der Waals surface area contributed by atoms with Crippen molar-refractivity contribution in [2.45, 2.75) is 0 Å². The molecule has 1 aliphatic rings. The lowest BCUT2D eigenvalue weighted by atomic mass is 10.2. The van der Waals surface area contributed by atoms with Gasteiger partial charge in [-0.05, 0) is 46.3 Å². The number of hydrogen-bond donors (Lipinski definition) is 1. The fourth-order valence-electron chi connectivity index (χ4n) is 3.01. The van der Waals surface area contributed by atoms with Crippen molar-refractivity contribution in [2.75, 3.05) is 16.8 Å². The molecule has 0 saturated heterocycles. The average molecular weight is 462 g/mol. The number of halogens is 3. The minimum absolute atomic E-state index is 0.142. The Hall–Kier alpha value is -2.64. The largest absolute Gasteiger partial charge is 0.351 e. The molecule has 1 aliphatic heterocycles. The summed E-state index contributed by atoms with van der Waals surface area (Å²) in [4.78, 5) is 18.7. The Morgan fingerprint density at radius 2 is 2.07 bits per heavy atom. The van der Waals surface area contributed by atoms with Gasteiger partial charge in [0.25, 0.3) is 5.56 Å². The number of rotatable bonds is 3. The van der Waals surface area contributed by atoms with E-state index in [-0.39, 0.29) is 16.3 Å². The van der Waals surface area contributed by atoms with E-state index in [2.05, 4.69) is 26.2 Å². The number of nitrogens with one attached hydrogen (secondary N) is 1. The molecule has 1 aromatic heterocycles. The molecule has 0 aliphatic carbocycles. The summed E-state index contributed by atoms with van der Waals surface area (Å²) in [5.74, 6) is -0.489. The Kier molecular flexibility index (Phi) is 4.95. The monoisotopic (exact) mass is 460 g/mol. The Morgan fingerprint density at radius 1 is 1.25 bits per heavy atom. The van der Waals surface area contributed by atoms with Crippen LogP contribution in [-0.4, -0.2) is 16.1 Å². The van der Waals surface area contributed by atoms with Crippen molar-refractivity contribution in [3.8, 4) is 0 Å². The minimum atomic E-state index is -0.489. The number of hydrogen-bond acceptors (Lipinski definition) is 4. The molecule has 0 bridgehead atoms. The summed E-state index contributed by atoms with van der Waals surface area (Å²) in [7, 11) is 1.63. The van der Waals surface area contributed by atoms with E-state index in [0.29, 0.717) is 33.3 Å². The first kappa shape index (κ1) is 18.7. The van der Waals surface area contributed by atoms with Crippen molar-refractivity contribution in [2.24, 2.45) is 7.05 Å². The SMILES string of the molecule is Cn1cnc2ccc(Nc3c(F)ccc(N4C=CC=CC4)c3Cl)c(Br)c2c1=O. The highest BCUT2D eigenvalue weighted by Gasteiger charge is 2.18. The van der Waals surface area contributed by atoms with E-state index in [0.717, 1.165) is 0 Å². The van der Waals surface area contributed by atoms with Crippen molar-refractivity contribution in [1.82, 2.24) is 9.55 Å². The van der Waals surface area contributed by atoms with Gasteiger partial charge in [-0.2, -0.15) is 0 Å². The van der Waals surface area contributed by atoms with Crippen LogP contribution in [0.2, 0.25) is 5.02 Å². The number of benzene rings is 2. The van der Waals surface area contributed by atoms with Gasteiger partial charge in [0, 0.05) is 19.8 Å². The van der Waals surface area contributed by atoms with Crippen LogP contribution in [0.5, 0.6) is 0 Å². The van der Waals surface area contributed by atoms with Crippen molar-refractivity contribution < 1.29 is 4.39 Å². The van der Waals surface area contributed by atoms with Gasteiger partial charge in [0.05, 0.1) is 43.8 Å². The highest BCUT2D eigenvalue weighted by Crippen LogP contribution is 2.39. The maximum Gasteiger partial charge on any atom is 0.262 e. The van der Waals surface area contributed by atoms with Crippen molar-refractivity contribution in [3.05, 3.63) is 80.7 Å². The molecule has 0 fully saturated rings. The van der Waals surface area contributed by atoms with Crippen LogP contribution in [0.25, 0.3) is 10.9 Å². The van der Waals surface area contributed by atoms with Gasteiger partial charge in [0.2, 0.25) is 0 Å². The first-order valence-corrected chi connectivity index (χ1v) is 9.63. The second-order valence-corrected chi connectivity index (χ2v) is 7.46. The first-order valence-electron chi connectivity index (χ1n) is 8.46. The maximum absolute atomic E-state index is 14.6. The van der Waals surface area contributed by atoms with Crippen LogP contribution in [0, 0.1) is 5.82 Å². The fourth-order valence-corrected chi connectivity index (χ4v) is 3.92. The minimum Gasteiger partial charge on any atom is -0.351 e. The van der Waals surface area contributed by atoms with Gasteiger partial charge in [-0.1, -0.05) is 23.8 Å². The van der Waals surface area contributed by atoms with E-state index in [9.17, 15) is 9.18 Å². The predicted octanol–water partition coefficient (Wildman–Crippen LogP) is 5.12. The smallest absolute Gasteiger partial charge is 0.262 e. The van der Waals surface area contributed by atoms with Crippen LogP contribution in [-0.2, 0) is 7.05 Å². The quantitative estimate of drug-likeness (QED) is 0.588. The topological polar surface area (TPSA) is 50.2 Å². The fraction of sp³-hybridized carbons (Fsp3) is 0.100. The second kappa shape index (κ2) is 7.41. The Labute approximate surface area is 173 Å². The molecule has 0 spiro atoms. The lowest BCUT2D eigenvalue weighted by Gasteiger charge is -2.23. The van der Waals surface area contributed by atoms with Gasteiger partial charge in [0.15, 0.2) is 0 Å². The zero-order valence-electron chi connectivity index (χ0n) is 14.8. The molecule has 0 atom stereocenters. The second-order valence-electron chi connectivity index (χ2n) is 6.28. The first-order chi connectivity index (χ1) is 13.5. The molecule has 1 N–H and O–H groups in total. The highest BCUT2D eigenvalue weighted by molar-refractivity contribution is 9.10. The Balaban J connectivity index is 1.80. The standard InChI is InChI=1S/C20H15BrClFN4O/c1-26-11-24-13-6-7-14(17(21)16(13)20(26)28)25-19-12(23)5-8-15(18(19)22)27-9-3-2-4-10-27/h2-9,11,25H,10H2,1H3. The summed E-state index contributed by atoms with van der Waals surface area (Å²) < 4.78 is 16.5. The van der Waals surface area contributed by atoms with Gasteiger partial charge in [-0.15, -0.1) is 0 Å². The Bertz CT molecular complexity index is 1210. The van der Waals surface area contributed by atoms with Crippen molar-refractivity contribution in [1.29, 1.82) is 0 Å². The van der Waals surface area contributed by atoms with E-state index < -0.39 is 5.82 Å². The third-order valence-electron chi connectivity index (χ3n) is 4.48. The molecule has 8 heteroatoms. The van der Waals surface area contributed by atoms with Gasteiger partial charge in [-0.3, -0.25) is 4.79 Å².